The molecule has 0 radical (unpaired) electrons. The molecule has 1 aliphatic rings. The lowest BCUT2D eigenvalue weighted by Gasteiger charge is -2.31. The predicted octanol–water partition coefficient (Wildman–Crippen LogP) is 2.98. The van der Waals surface area contributed by atoms with Crippen LogP contribution in [-0.4, -0.2) is 43.5 Å². The number of hydrogen-bond acceptors (Lipinski definition) is 3. The van der Waals surface area contributed by atoms with Crippen LogP contribution in [0.3, 0.4) is 0 Å². The highest BCUT2D eigenvalue weighted by Crippen LogP contribution is 2.33. The first-order chi connectivity index (χ1) is 10.8. The topological polar surface area (TPSA) is 44.4 Å². The van der Waals surface area contributed by atoms with Crippen LogP contribution >= 0.6 is 11.6 Å². The summed E-state index contributed by atoms with van der Waals surface area (Å²) in [6, 6.07) is 3.21. The summed E-state index contributed by atoms with van der Waals surface area (Å²) in [5.74, 6) is -0.372. The number of nitrogens with one attached hydrogen (secondary N) is 2. The van der Waals surface area contributed by atoms with Crippen molar-refractivity contribution in [2.75, 3.05) is 32.0 Å². The van der Waals surface area contributed by atoms with Gasteiger partial charge in [0, 0.05) is 12.6 Å². The highest BCUT2D eigenvalue weighted by atomic mass is 35.5. The Bertz CT molecular complexity index is 565. The Kier molecular flexibility index (Phi) is 5.89. The van der Waals surface area contributed by atoms with Gasteiger partial charge in [0.2, 0.25) is 5.91 Å². The summed E-state index contributed by atoms with van der Waals surface area (Å²) >= 11 is 5.87. The van der Waals surface area contributed by atoms with E-state index in [1.165, 1.54) is 0 Å². The molecule has 23 heavy (non-hydrogen) atoms. The monoisotopic (exact) mass is 349 g/mol. The van der Waals surface area contributed by atoms with Crippen LogP contribution in [0.15, 0.2) is 18.2 Å². The van der Waals surface area contributed by atoms with E-state index in [-0.39, 0.29) is 23.2 Å². The van der Waals surface area contributed by atoms with Crippen molar-refractivity contribution in [3.8, 4) is 0 Å². The third-order valence-corrected chi connectivity index (χ3v) is 4.18. The van der Waals surface area contributed by atoms with Crippen molar-refractivity contribution in [3.05, 3.63) is 28.8 Å². The molecule has 1 aliphatic heterocycles. The Balaban J connectivity index is 2.00. The minimum absolute atomic E-state index is 0.0198. The molecule has 1 amide bonds. The van der Waals surface area contributed by atoms with Crippen LogP contribution < -0.4 is 10.6 Å². The molecule has 0 aliphatic carbocycles. The molecule has 8 heteroatoms. The van der Waals surface area contributed by atoms with E-state index in [0.29, 0.717) is 6.04 Å². The molecule has 1 fully saturated rings. The Morgan fingerprint density at radius 2 is 2.17 bits per heavy atom. The van der Waals surface area contributed by atoms with Crippen LogP contribution in [0.5, 0.6) is 0 Å². The predicted molar refractivity (Wildman–Crippen MR) is 83.6 cm³/mol. The van der Waals surface area contributed by atoms with Gasteiger partial charge < -0.3 is 10.6 Å². The molecular weight excluding hydrogens is 331 g/mol. The molecule has 128 valence electrons. The van der Waals surface area contributed by atoms with Gasteiger partial charge in [-0.1, -0.05) is 11.6 Å². The van der Waals surface area contributed by atoms with Crippen LogP contribution in [-0.2, 0) is 11.0 Å². The van der Waals surface area contributed by atoms with Crippen molar-refractivity contribution < 1.29 is 18.0 Å². The van der Waals surface area contributed by atoms with Crippen molar-refractivity contribution >= 4 is 23.2 Å². The molecule has 2 N–H and O–H groups in total. The lowest BCUT2D eigenvalue weighted by Crippen LogP contribution is -2.46. The van der Waals surface area contributed by atoms with Crippen LogP contribution in [0.2, 0.25) is 5.02 Å². The minimum Gasteiger partial charge on any atom is -0.324 e. The second-order valence-corrected chi connectivity index (χ2v) is 6.01. The maximum absolute atomic E-state index is 12.7. The number of halogens is 4. The second kappa shape index (κ2) is 7.51. The summed E-state index contributed by atoms with van der Waals surface area (Å²) in [6.45, 7) is 1.66. The average Bonchev–Trinajstić information content (AvgIpc) is 2.48. The van der Waals surface area contributed by atoms with E-state index in [0.717, 1.165) is 44.1 Å². The van der Waals surface area contributed by atoms with E-state index < -0.39 is 11.7 Å². The summed E-state index contributed by atoms with van der Waals surface area (Å²) in [5, 5.41) is 5.72. The Morgan fingerprint density at radius 3 is 2.83 bits per heavy atom. The van der Waals surface area contributed by atoms with Gasteiger partial charge in [0.15, 0.2) is 0 Å². The molecule has 1 aromatic carbocycles. The van der Waals surface area contributed by atoms with Crippen LogP contribution in [0.1, 0.15) is 18.4 Å². The summed E-state index contributed by atoms with van der Waals surface area (Å²) in [4.78, 5) is 14.0. The minimum atomic E-state index is -4.48. The fourth-order valence-corrected chi connectivity index (χ4v) is 2.79. The smallest absolute Gasteiger partial charge is 0.324 e. The summed E-state index contributed by atoms with van der Waals surface area (Å²) in [5.41, 5.74) is -0.862. The SMILES string of the molecule is CNC1CCCN(CC(=O)Nc2cc(C(F)(F)F)ccc2Cl)C1. The van der Waals surface area contributed by atoms with Gasteiger partial charge in [-0.15, -0.1) is 0 Å². The number of nitrogens with zero attached hydrogens (tertiary/aromatic N) is 1. The largest absolute Gasteiger partial charge is 0.416 e. The molecule has 0 spiro atoms. The lowest BCUT2D eigenvalue weighted by molar-refractivity contribution is -0.137. The third-order valence-electron chi connectivity index (χ3n) is 3.85. The number of alkyl halides is 3. The zero-order chi connectivity index (χ0) is 17.0. The first kappa shape index (κ1) is 18.0. The van der Waals surface area contributed by atoms with E-state index in [1.54, 1.807) is 0 Å². The molecule has 1 aromatic rings. The van der Waals surface area contributed by atoms with Gasteiger partial charge in [0.1, 0.15) is 0 Å². The first-order valence-electron chi connectivity index (χ1n) is 7.36. The summed E-state index contributed by atoms with van der Waals surface area (Å²) in [6.07, 6.45) is -2.45. The number of piperidine rings is 1. The number of hydrogen-bond donors (Lipinski definition) is 2. The number of carbonyl (C=O) groups is 1. The van der Waals surface area contributed by atoms with Crippen molar-refractivity contribution in [2.24, 2.45) is 0 Å². The molecule has 4 nitrogen and oxygen atoms in total. The molecule has 2 rings (SSSR count). The van der Waals surface area contributed by atoms with Gasteiger partial charge in [-0.3, -0.25) is 9.69 Å². The van der Waals surface area contributed by atoms with E-state index >= 15 is 0 Å². The van der Waals surface area contributed by atoms with Crippen molar-refractivity contribution in [3.63, 3.8) is 0 Å². The molecular formula is C15H19ClF3N3O. The fourth-order valence-electron chi connectivity index (χ4n) is 2.62. The highest BCUT2D eigenvalue weighted by Gasteiger charge is 2.31. The highest BCUT2D eigenvalue weighted by molar-refractivity contribution is 6.33. The van der Waals surface area contributed by atoms with Gasteiger partial charge in [-0.05, 0) is 44.6 Å². The van der Waals surface area contributed by atoms with Crippen LogP contribution in [0.4, 0.5) is 18.9 Å². The number of amides is 1. The number of carbonyl (C=O) groups excluding carboxylic acids is 1. The van der Waals surface area contributed by atoms with Crippen molar-refractivity contribution in [2.45, 2.75) is 25.1 Å². The zero-order valence-corrected chi connectivity index (χ0v) is 13.5. The fraction of sp³-hybridized carbons (Fsp3) is 0.533. The van der Waals surface area contributed by atoms with E-state index in [2.05, 4.69) is 10.6 Å². The number of benzene rings is 1. The van der Waals surface area contributed by atoms with Gasteiger partial charge >= 0.3 is 6.18 Å². The first-order valence-corrected chi connectivity index (χ1v) is 7.73. The van der Waals surface area contributed by atoms with E-state index in [1.807, 2.05) is 11.9 Å². The molecule has 0 bridgehead atoms. The standard InChI is InChI=1S/C15H19ClF3N3O/c1-20-11-3-2-6-22(8-11)9-14(23)21-13-7-10(15(17,18)19)4-5-12(13)16/h4-5,7,11,20H,2-3,6,8-9H2,1H3,(H,21,23). The van der Waals surface area contributed by atoms with E-state index in [4.69, 9.17) is 11.6 Å². The second-order valence-electron chi connectivity index (χ2n) is 5.60. The molecule has 0 aromatic heterocycles. The van der Waals surface area contributed by atoms with Crippen molar-refractivity contribution in [1.82, 2.24) is 10.2 Å². The number of anilines is 1. The van der Waals surface area contributed by atoms with Gasteiger partial charge in [-0.2, -0.15) is 13.2 Å². The quantitative estimate of drug-likeness (QED) is 0.878. The molecule has 1 unspecified atom stereocenters. The maximum Gasteiger partial charge on any atom is 0.416 e. The number of likely N-dealkylation sites (tertiary alicyclic amines) is 1. The van der Waals surface area contributed by atoms with Gasteiger partial charge in [0.05, 0.1) is 22.8 Å². The summed E-state index contributed by atoms with van der Waals surface area (Å²) < 4.78 is 38.2. The van der Waals surface area contributed by atoms with Crippen LogP contribution in [0, 0.1) is 0 Å². The molecule has 1 atom stereocenters. The lowest BCUT2D eigenvalue weighted by atomic mass is 10.1. The normalized spacial score (nSPS) is 19.6. The number of rotatable bonds is 4. The Labute approximate surface area is 138 Å². The van der Waals surface area contributed by atoms with Gasteiger partial charge in [0.25, 0.3) is 0 Å². The Morgan fingerprint density at radius 1 is 1.43 bits per heavy atom. The summed E-state index contributed by atoms with van der Waals surface area (Å²) in [7, 11) is 1.87. The maximum atomic E-state index is 12.7. The van der Waals surface area contributed by atoms with Crippen molar-refractivity contribution in [1.29, 1.82) is 0 Å². The zero-order valence-electron chi connectivity index (χ0n) is 12.7. The van der Waals surface area contributed by atoms with Gasteiger partial charge in [-0.25, -0.2) is 0 Å². The molecule has 1 saturated heterocycles. The van der Waals surface area contributed by atoms with Crippen LogP contribution in [0.25, 0.3) is 0 Å². The average molecular weight is 350 g/mol. The third kappa shape index (κ3) is 5.09. The Hall–Kier alpha value is -1.31. The number of likely N-dealkylation sites (N-methyl/N-ethyl adjacent to an activating group) is 1. The molecule has 0 saturated carbocycles. The van der Waals surface area contributed by atoms with E-state index in [9.17, 15) is 18.0 Å². The molecule has 1 heterocycles.